The normalized spacial score (nSPS) is 23.9. The molecule has 0 aliphatic carbocycles. The molecule has 0 radical (unpaired) electrons. The van der Waals surface area contributed by atoms with Crippen LogP contribution in [0.4, 0.5) is 22.0 Å². The Balaban J connectivity index is 2.45. The fraction of sp³-hybridized carbons (Fsp3) is 0.667. The standard InChI is InChI=1S/C6H5F5O2/c7-4(6(9,10)11)5(8)13-2-3-1-12-3/h3H,1-2H2/b5-4+. The van der Waals surface area contributed by atoms with Crippen LogP contribution in [0.2, 0.25) is 0 Å². The minimum absolute atomic E-state index is 0.293. The van der Waals surface area contributed by atoms with Crippen LogP contribution in [0.25, 0.3) is 0 Å². The van der Waals surface area contributed by atoms with E-state index in [0.717, 1.165) is 0 Å². The predicted molar refractivity (Wildman–Crippen MR) is 31.0 cm³/mol. The van der Waals surface area contributed by atoms with Gasteiger partial charge in [0.1, 0.15) is 12.7 Å². The zero-order valence-corrected chi connectivity index (χ0v) is 6.20. The van der Waals surface area contributed by atoms with Gasteiger partial charge in [-0.1, -0.05) is 0 Å². The highest BCUT2D eigenvalue weighted by Crippen LogP contribution is 2.30. The van der Waals surface area contributed by atoms with Crippen molar-refractivity contribution in [2.75, 3.05) is 13.2 Å². The molecule has 0 aromatic heterocycles. The van der Waals surface area contributed by atoms with Gasteiger partial charge >= 0.3 is 12.2 Å². The average molecular weight is 204 g/mol. The summed E-state index contributed by atoms with van der Waals surface area (Å²) in [5.74, 6) is -2.85. The number of halogens is 5. The van der Waals surface area contributed by atoms with Crippen LogP contribution in [0.15, 0.2) is 11.8 Å². The second-order valence-corrected chi connectivity index (χ2v) is 2.35. The highest BCUT2D eigenvalue weighted by molar-refractivity contribution is 5.00. The molecule has 1 aliphatic rings. The Hall–Kier alpha value is -0.850. The van der Waals surface area contributed by atoms with Crippen LogP contribution in [-0.4, -0.2) is 25.5 Å². The third-order valence-electron chi connectivity index (χ3n) is 1.22. The lowest BCUT2D eigenvalue weighted by atomic mass is 10.5. The Morgan fingerprint density at radius 3 is 2.31 bits per heavy atom. The fourth-order valence-corrected chi connectivity index (χ4v) is 0.505. The van der Waals surface area contributed by atoms with E-state index in [1.54, 1.807) is 0 Å². The van der Waals surface area contributed by atoms with E-state index in [2.05, 4.69) is 9.47 Å². The summed E-state index contributed by atoms with van der Waals surface area (Å²) in [4.78, 5) is 0. The van der Waals surface area contributed by atoms with Gasteiger partial charge in [-0.3, -0.25) is 0 Å². The summed E-state index contributed by atoms with van der Waals surface area (Å²) in [6.45, 7) is -0.115. The van der Waals surface area contributed by atoms with Gasteiger partial charge in [-0.15, -0.1) is 0 Å². The van der Waals surface area contributed by atoms with E-state index >= 15 is 0 Å². The molecule has 7 heteroatoms. The van der Waals surface area contributed by atoms with Gasteiger partial charge in [-0.05, 0) is 0 Å². The first-order valence-corrected chi connectivity index (χ1v) is 3.28. The fourth-order valence-electron chi connectivity index (χ4n) is 0.505. The number of ether oxygens (including phenoxy) is 2. The molecule has 0 N–H and O–H groups in total. The Morgan fingerprint density at radius 1 is 1.38 bits per heavy atom. The minimum Gasteiger partial charge on any atom is -0.466 e. The van der Waals surface area contributed by atoms with Gasteiger partial charge in [0, 0.05) is 0 Å². The van der Waals surface area contributed by atoms with Crippen LogP contribution in [0.5, 0.6) is 0 Å². The molecule has 1 heterocycles. The Morgan fingerprint density at radius 2 is 1.92 bits per heavy atom. The molecule has 1 unspecified atom stereocenters. The monoisotopic (exact) mass is 204 g/mol. The Labute approximate surface area is 69.9 Å². The van der Waals surface area contributed by atoms with Gasteiger partial charge in [0.05, 0.1) is 6.61 Å². The Bertz CT molecular complexity index is 218. The molecule has 1 atom stereocenters. The summed E-state index contributed by atoms with van der Waals surface area (Å²) in [5.41, 5.74) is 0. The second-order valence-electron chi connectivity index (χ2n) is 2.35. The van der Waals surface area contributed by atoms with Crippen LogP contribution in [-0.2, 0) is 9.47 Å². The summed E-state index contributed by atoms with van der Waals surface area (Å²) in [5, 5.41) is 0. The summed E-state index contributed by atoms with van der Waals surface area (Å²) in [6.07, 6.45) is -5.76. The lowest BCUT2D eigenvalue weighted by Crippen LogP contribution is -2.11. The van der Waals surface area contributed by atoms with Crippen LogP contribution in [0, 0.1) is 0 Å². The molecule has 76 valence electrons. The van der Waals surface area contributed by atoms with E-state index in [4.69, 9.17) is 0 Å². The zero-order valence-electron chi connectivity index (χ0n) is 6.20. The highest BCUT2D eigenvalue weighted by atomic mass is 19.4. The molecule has 0 saturated carbocycles. The maximum atomic E-state index is 12.2. The van der Waals surface area contributed by atoms with Gasteiger partial charge in [0.15, 0.2) is 0 Å². The van der Waals surface area contributed by atoms with Crippen LogP contribution in [0.3, 0.4) is 0 Å². The highest BCUT2D eigenvalue weighted by Gasteiger charge is 2.39. The van der Waals surface area contributed by atoms with Crippen molar-refractivity contribution in [3.05, 3.63) is 11.8 Å². The minimum atomic E-state index is -5.34. The molecule has 0 aromatic rings. The molecule has 13 heavy (non-hydrogen) atoms. The first-order chi connectivity index (χ1) is 5.91. The smallest absolute Gasteiger partial charge is 0.449 e. The maximum absolute atomic E-state index is 12.2. The third-order valence-corrected chi connectivity index (χ3v) is 1.22. The van der Waals surface area contributed by atoms with E-state index < -0.39 is 30.7 Å². The topological polar surface area (TPSA) is 21.8 Å². The second kappa shape index (κ2) is 3.49. The molecule has 0 bridgehead atoms. The number of hydrogen-bond donors (Lipinski definition) is 0. The summed E-state index contributed by atoms with van der Waals surface area (Å²) in [7, 11) is 0. The molecule has 1 saturated heterocycles. The molecule has 2 nitrogen and oxygen atoms in total. The van der Waals surface area contributed by atoms with E-state index in [-0.39, 0.29) is 0 Å². The molecule has 1 rings (SSSR count). The van der Waals surface area contributed by atoms with E-state index in [0.29, 0.717) is 6.61 Å². The van der Waals surface area contributed by atoms with Gasteiger partial charge < -0.3 is 9.47 Å². The summed E-state index contributed by atoms with van der Waals surface area (Å²) >= 11 is 0. The van der Waals surface area contributed by atoms with Crippen molar-refractivity contribution in [1.29, 1.82) is 0 Å². The lowest BCUT2D eigenvalue weighted by Gasteiger charge is -2.05. The molecular weight excluding hydrogens is 199 g/mol. The average Bonchev–Trinajstić information content (AvgIpc) is 2.80. The maximum Gasteiger partial charge on any atom is 0.449 e. The molecular formula is C6H5F5O2. The molecule has 0 spiro atoms. The first kappa shape index (κ1) is 10.2. The van der Waals surface area contributed by atoms with Crippen LogP contribution < -0.4 is 0 Å². The van der Waals surface area contributed by atoms with E-state index in [1.807, 2.05) is 0 Å². The van der Waals surface area contributed by atoms with Crippen molar-refractivity contribution in [2.24, 2.45) is 0 Å². The van der Waals surface area contributed by atoms with Gasteiger partial charge in [-0.2, -0.15) is 22.0 Å². The largest absolute Gasteiger partial charge is 0.466 e. The number of epoxide rings is 1. The van der Waals surface area contributed by atoms with Gasteiger partial charge in [0.25, 0.3) is 5.83 Å². The van der Waals surface area contributed by atoms with Gasteiger partial charge in [-0.25, -0.2) is 0 Å². The lowest BCUT2D eigenvalue weighted by molar-refractivity contribution is -0.116. The predicted octanol–water partition coefficient (Wildman–Crippen LogP) is 2.07. The van der Waals surface area contributed by atoms with Crippen molar-refractivity contribution >= 4 is 0 Å². The van der Waals surface area contributed by atoms with Crippen molar-refractivity contribution in [1.82, 2.24) is 0 Å². The van der Waals surface area contributed by atoms with E-state index in [9.17, 15) is 22.0 Å². The number of hydrogen-bond acceptors (Lipinski definition) is 2. The van der Waals surface area contributed by atoms with Gasteiger partial charge in [0.2, 0.25) is 0 Å². The quantitative estimate of drug-likeness (QED) is 0.398. The van der Waals surface area contributed by atoms with Crippen molar-refractivity contribution < 1.29 is 31.4 Å². The molecule has 1 aliphatic heterocycles. The summed E-state index contributed by atoms with van der Waals surface area (Å²) in [6, 6.07) is -2.25. The van der Waals surface area contributed by atoms with Crippen molar-refractivity contribution in [3.8, 4) is 0 Å². The van der Waals surface area contributed by atoms with E-state index in [1.165, 1.54) is 0 Å². The number of alkyl halides is 3. The summed E-state index contributed by atoms with van der Waals surface area (Å²) < 4.78 is 66.9. The van der Waals surface area contributed by atoms with Crippen molar-refractivity contribution in [2.45, 2.75) is 12.3 Å². The SMILES string of the molecule is F/C(OCC1CO1)=C(\F)C(F)(F)F. The molecule has 0 aromatic carbocycles. The van der Waals surface area contributed by atoms with Crippen LogP contribution >= 0.6 is 0 Å². The number of allylic oxidation sites excluding steroid dienone is 1. The zero-order chi connectivity index (χ0) is 10.1. The molecule has 0 amide bonds. The Kier molecular flexibility index (Phi) is 2.74. The van der Waals surface area contributed by atoms with Crippen LogP contribution in [0.1, 0.15) is 0 Å². The first-order valence-electron chi connectivity index (χ1n) is 3.28. The number of rotatable bonds is 3. The van der Waals surface area contributed by atoms with Crippen molar-refractivity contribution in [3.63, 3.8) is 0 Å². The molecule has 1 fully saturated rings. The third kappa shape index (κ3) is 3.17.